The number of morpholine rings is 1. The van der Waals surface area contributed by atoms with E-state index in [0.717, 1.165) is 38.7 Å². The fourth-order valence-corrected chi connectivity index (χ4v) is 3.78. The lowest BCUT2D eigenvalue weighted by Gasteiger charge is -2.37. The summed E-state index contributed by atoms with van der Waals surface area (Å²) >= 11 is 0. The maximum absolute atomic E-state index is 6.08. The molecular weight excluding hydrogens is 451 g/mol. The van der Waals surface area contributed by atoms with Crippen molar-refractivity contribution in [2.75, 3.05) is 53.9 Å². The molecule has 1 aliphatic heterocycles. The number of benzene rings is 1. The third-order valence-electron chi connectivity index (χ3n) is 4.82. The van der Waals surface area contributed by atoms with Crippen molar-refractivity contribution < 1.29 is 4.74 Å². The molecule has 1 aromatic carbocycles. The highest BCUT2D eigenvalue weighted by molar-refractivity contribution is 14.0. The van der Waals surface area contributed by atoms with Crippen LogP contribution in [0.15, 0.2) is 23.2 Å². The van der Waals surface area contributed by atoms with E-state index in [0.29, 0.717) is 0 Å². The number of nitrogens with one attached hydrogen (secondary N) is 1. The van der Waals surface area contributed by atoms with Crippen LogP contribution in [0.5, 0.6) is 0 Å². The lowest BCUT2D eigenvalue weighted by Crippen LogP contribution is -2.50. The number of rotatable bonds is 5. The number of ether oxygens (including phenoxy) is 1. The average molecular weight is 488 g/mol. The van der Waals surface area contributed by atoms with Crippen molar-refractivity contribution in [1.82, 2.24) is 15.1 Å². The fourth-order valence-electron chi connectivity index (χ4n) is 3.78. The summed E-state index contributed by atoms with van der Waals surface area (Å²) in [7, 11) is 6.10. The van der Waals surface area contributed by atoms with Gasteiger partial charge in [0.25, 0.3) is 0 Å². The highest BCUT2D eigenvalue weighted by atomic mass is 127. The quantitative estimate of drug-likeness (QED) is 0.392. The van der Waals surface area contributed by atoms with E-state index in [1.54, 1.807) is 0 Å². The van der Waals surface area contributed by atoms with Crippen LogP contribution in [0.1, 0.15) is 36.6 Å². The Balaban J connectivity index is 0.00000364. The molecule has 1 heterocycles. The SMILES string of the molecule is CN=C(NCC(C)(C)CN(C)C)N1CCOC(c2ccc(C)cc2C)C1.I. The zero-order chi connectivity index (χ0) is 19.3. The van der Waals surface area contributed by atoms with Gasteiger partial charge in [0, 0.05) is 26.7 Å². The summed E-state index contributed by atoms with van der Waals surface area (Å²) in [4.78, 5) is 9.07. The van der Waals surface area contributed by atoms with Gasteiger partial charge in [-0.25, -0.2) is 0 Å². The van der Waals surface area contributed by atoms with Crippen molar-refractivity contribution in [2.45, 2.75) is 33.8 Å². The van der Waals surface area contributed by atoms with Crippen molar-refractivity contribution in [3.8, 4) is 0 Å². The Morgan fingerprint density at radius 1 is 1.33 bits per heavy atom. The van der Waals surface area contributed by atoms with Gasteiger partial charge in [-0.15, -0.1) is 24.0 Å². The predicted molar refractivity (Wildman–Crippen MR) is 125 cm³/mol. The first-order valence-corrected chi connectivity index (χ1v) is 9.51. The molecule has 2 rings (SSSR count). The van der Waals surface area contributed by atoms with Gasteiger partial charge in [-0.2, -0.15) is 0 Å². The Morgan fingerprint density at radius 3 is 2.63 bits per heavy atom. The normalized spacial score (nSPS) is 18.4. The lowest BCUT2D eigenvalue weighted by atomic mass is 9.93. The number of halogens is 1. The molecule has 0 aliphatic carbocycles. The number of hydrogen-bond donors (Lipinski definition) is 1. The molecule has 6 heteroatoms. The van der Waals surface area contributed by atoms with Crippen LogP contribution in [0, 0.1) is 19.3 Å². The standard InChI is InChI=1S/C21H36N4O.HI/c1-16-8-9-18(17(2)12-16)19-13-25(10-11-26-19)20(22-5)23-14-21(3,4)15-24(6)7;/h8-9,12,19H,10-11,13-15H2,1-7H3,(H,22,23);1H. The minimum atomic E-state index is 0. The summed E-state index contributed by atoms with van der Waals surface area (Å²) in [5.41, 5.74) is 4.05. The molecule has 27 heavy (non-hydrogen) atoms. The zero-order valence-corrected chi connectivity index (χ0v) is 20.3. The number of nitrogens with zero attached hydrogens (tertiary/aromatic N) is 3. The summed E-state index contributed by atoms with van der Waals surface area (Å²) in [6.45, 7) is 13.2. The van der Waals surface area contributed by atoms with E-state index < -0.39 is 0 Å². The van der Waals surface area contributed by atoms with Crippen molar-refractivity contribution >= 4 is 29.9 Å². The fraction of sp³-hybridized carbons (Fsp3) is 0.667. The Hall–Kier alpha value is -0.860. The van der Waals surface area contributed by atoms with Gasteiger partial charge in [0.2, 0.25) is 0 Å². The number of aryl methyl sites for hydroxylation is 2. The van der Waals surface area contributed by atoms with Gasteiger partial charge in [-0.3, -0.25) is 4.99 Å². The average Bonchev–Trinajstić information content (AvgIpc) is 2.54. The second kappa shape index (κ2) is 10.6. The highest BCUT2D eigenvalue weighted by Crippen LogP contribution is 2.26. The lowest BCUT2D eigenvalue weighted by molar-refractivity contribution is -0.00848. The van der Waals surface area contributed by atoms with Gasteiger partial charge >= 0.3 is 0 Å². The molecule has 0 bridgehead atoms. The Bertz CT molecular complexity index is 631. The highest BCUT2D eigenvalue weighted by Gasteiger charge is 2.26. The van der Waals surface area contributed by atoms with Crippen molar-refractivity contribution in [1.29, 1.82) is 0 Å². The second-order valence-electron chi connectivity index (χ2n) is 8.47. The molecule has 1 unspecified atom stereocenters. The Morgan fingerprint density at radius 2 is 2.04 bits per heavy atom. The van der Waals surface area contributed by atoms with E-state index in [1.165, 1.54) is 16.7 Å². The molecule has 1 N–H and O–H groups in total. The van der Waals surface area contributed by atoms with E-state index in [9.17, 15) is 0 Å². The van der Waals surface area contributed by atoms with Crippen LogP contribution in [0.25, 0.3) is 0 Å². The monoisotopic (exact) mass is 488 g/mol. The molecule has 1 fully saturated rings. The predicted octanol–water partition coefficient (Wildman–Crippen LogP) is 3.46. The Labute approximate surface area is 182 Å². The molecule has 0 radical (unpaired) electrons. The molecule has 0 aromatic heterocycles. The van der Waals surface area contributed by atoms with Gasteiger partial charge in [0.05, 0.1) is 13.2 Å². The molecule has 0 spiro atoms. The van der Waals surface area contributed by atoms with Crippen LogP contribution >= 0.6 is 24.0 Å². The molecule has 1 aromatic rings. The largest absolute Gasteiger partial charge is 0.370 e. The summed E-state index contributed by atoms with van der Waals surface area (Å²) in [6, 6.07) is 6.60. The third-order valence-corrected chi connectivity index (χ3v) is 4.82. The van der Waals surface area contributed by atoms with Crippen molar-refractivity contribution in [2.24, 2.45) is 10.4 Å². The van der Waals surface area contributed by atoms with Crippen molar-refractivity contribution in [3.63, 3.8) is 0 Å². The van der Waals surface area contributed by atoms with Crippen molar-refractivity contribution in [3.05, 3.63) is 34.9 Å². The van der Waals surface area contributed by atoms with Gasteiger partial charge in [0.1, 0.15) is 6.10 Å². The van der Waals surface area contributed by atoms with Crippen LogP contribution in [0.3, 0.4) is 0 Å². The number of hydrogen-bond acceptors (Lipinski definition) is 3. The molecule has 1 atom stereocenters. The number of aliphatic imine (C=N–C) groups is 1. The van der Waals surface area contributed by atoms with Gasteiger partial charge in [0.15, 0.2) is 5.96 Å². The van der Waals surface area contributed by atoms with E-state index in [2.05, 4.69) is 80.1 Å². The first kappa shape index (κ1) is 24.2. The first-order valence-electron chi connectivity index (χ1n) is 9.51. The van der Waals surface area contributed by atoms with Crippen LogP contribution in [0.2, 0.25) is 0 Å². The van der Waals surface area contributed by atoms with E-state index >= 15 is 0 Å². The molecular formula is C21H37IN4O. The topological polar surface area (TPSA) is 40.1 Å². The second-order valence-corrected chi connectivity index (χ2v) is 8.47. The zero-order valence-electron chi connectivity index (χ0n) is 18.0. The van der Waals surface area contributed by atoms with Crippen LogP contribution in [-0.4, -0.2) is 69.7 Å². The van der Waals surface area contributed by atoms with Crippen LogP contribution in [0.4, 0.5) is 0 Å². The molecule has 0 saturated carbocycles. The summed E-state index contributed by atoms with van der Waals surface area (Å²) in [5.74, 6) is 0.967. The van der Waals surface area contributed by atoms with Crippen LogP contribution < -0.4 is 5.32 Å². The maximum atomic E-state index is 6.08. The molecule has 5 nitrogen and oxygen atoms in total. The van der Waals surface area contributed by atoms with Gasteiger partial charge < -0.3 is 19.9 Å². The summed E-state index contributed by atoms with van der Waals surface area (Å²) < 4.78 is 6.08. The Kier molecular flexibility index (Phi) is 9.51. The minimum absolute atomic E-state index is 0. The van der Waals surface area contributed by atoms with E-state index in [-0.39, 0.29) is 35.5 Å². The maximum Gasteiger partial charge on any atom is 0.193 e. The van der Waals surface area contributed by atoms with E-state index in [1.807, 2.05) is 7.05 Å². The molecule has 1 saturated heterocycles. The first-order chi connectivity index (χ1) is 12.2. The summed E-state index contributed by atoms with van der Waals surface area (Å²) in [5, 5.41) is 3.57. The van der Waals surface area contributed by atoms with Crippen LogP contribution in [-0.2, 0) is 4.74 Å². The smallest absolute Gasteiger partial charge is 0.193 e. The molecule has 1 aliphatic rings. The molecule has 154 valence electrons. The van der Waals surface area contributed by atoms with E-state index in [4.69, 9.17) is 4.74 Å². The van der Waals surface area contributed by atoms with Gasteiger partial charge in [-0.05, 0) is 44.5 Å². The number of guanidine groups is 1. The minimum Gasteiger partial charge on any atom is -0.370 e. The summed E-state index contributed by atoms with van der Waals surface area (Å²) in [6.07, 6.45) is 0.0951. The third kappa shape index (κ3) is 7.23. The molecule has 0 amide bonds. The van der Waals surface area contributed by atoms with Gasteiger partial charge in [-0.1, -0.05) is 37.6 Å².